The maximum absolute atomic E-state index is 13.6. The van der Waals surface area contributed by atoms with Gasteiger partial charge in [-0.15, -0.1) is 0 Å². The Balaban J connectivity index is 0.00000420. The Morgan fingerprint density at radius 2 is 1.79 bits per heavy atom. The predicted octanol–water partition coefficient (Wildman–Crippen LogP) is 4.80. The summed E-state index contributed by atoms with van der Waals surface area (Å²) in [5, 5.41) is 10.8. The first-order valence-electron chi connectivity index (χ1n) is 13.3. The van der Waals surface area contributed by atoms with Crippen LogP contribution in [0, 0.1) is 20.8 Å². The van der Waals surface area contributed by atoms with Gasteiger partial charge in [-0.25, -0.2) is 5.01 Å². The number of aryl methyl sites for hydroxylation is 3. The molecule has 1 aliphatic heterocycles. The highest BCUT2D eigenvalue weighted by atomic mass is 16.5. The van der Waals surface area contributed by atoms with E-state index in [9.17, 15) is 9.59 Å². The zero-order valence-electron chi connectivity index (χ0n) is 23.1. The van der Waals surface area contributed by atoms with Gasteiger partial charge in [-0.3, -0.25) is 14.6 Å². The third-order valence-corrected chi connectivity index (χ3v) is 6.95. The van der Waals surface area contributed by atoms with Crippen LogP contribution in [0.5, 0.6) is 0 Å². The third kappa shape index (κ3) is 7.44. The molecular weight excluding hydrogens is 492 g/mol. The lowest BCUT2D eigenvalue weighted by molar-refractivity contribution is -0.145. The van der Waals surface area contributed by atoms with E-state index in [1.165, 1.54) is 16.7 Å². The van der Waals surface area contributed by atoms with Crippen molar-refractivity contribution >= 4 is 17.5 Å². The lowest BCUT2D eigenvalue weighted by Crippen LogP contribution is -2.48. The van der Waals surface area contributed by atoms with E-state index in [0.717, 1.165) is 36.1 Å². The molecule has 4 rings (SSSR count). The molecule has 1 N–H and O–H groups in total. The van der Waals surface area contributed by atoms with Gasteiger partial charge in [0.15, 0.2) is 0 Å². The van der Waals surface area contributed by atoms with Crippen LogP contribution in [0.25, 0.3) is 11.4 Å². The van der Waals surface area contributed by atoms with Crippen LogP contribution < -0.4 is 10.2 Å². The SMILES string of the molecule is C.CCCCCNC(=O)CN(CC(=O)N(C)N1Cc2ccc(C)cc2C1)c1cc(-c2noc(C)n2)ccc1C. The quantitative estimate of drug-likeness (QED) is 0.353. The summed E-state index contributed by atoms with van der Waals surface area (Å²) in [5.41, 5.74) is 6.19. The van der Waals surface area contributed by atoms with Gasteiger partial charge in [-0.1, -0.05) is 68.2 Å². The second-order valence-electron chi connectivity index (χ2n) is 10.1. The molecule has 9 nitrogen and oxygen atoms in total. The molecule has 0 aliphatic carbocycles. The fraction of sp³-hybridized carbons (Fsp3) is 0.467. The molecular formula is C30H42N6O3. The zero-order chi connectivity index (χ0) is 27.2. The van der Waals surface area contributed by atoms with E-state index in [1.807, 2.05) is 35.0 Å². The van der Waals surface area contributed by atoms with Gasteiger partial charge >= 0.3 is 0 Å². The van der Waals surface area contributed by atoms with Gasteiger partial charge < -0.3 is 14.7 Å². The molecule has 3 aromatic rings. The number of rotatable bonds is 11. The number of hydrogen-bond donors (Lipinski definition) is 1. The van der Waals surface area contributed by atoms with Crippen molar-refractivity contribution in [1.29, 1.82) is 0 Å². The predicted molar refractivity (Wildman–Crippen MR) is 154 cm³/mol. The number of aromatic nitrogens is 2. The minimum absolute atomic E-state index is 0. The fourth-order valence-electron chi connectivity index (χ4n) is 4.70. The highest BCUT2D eigenvalue weighted by molar-refractivity contribution is 5.87. The van der Waals surface area contributed by atoms with Crippen LogP contribution in [0.15, 0.2) is 40.9 Å². The number of unbranched alkanes of at least 4 members (excludes halogenated alkanes) is 2. The van der Waals surface area contributed by atoms with Crippen molar-refractivity contribution in [2.24, 2.45) is 0 Å². The number of anilines is 1. The highest BCUT2D eigenvalue weighted by Gasteiger charge is 2.27. The molecule has 0 radical (unpaired) electrons. The van der Waals surface area contributed by atoms with Crippen LogP contribution >= 0.6 is 0 Å². The Morgan fingerprint density at radius 1 is 1.03 bits per heavy atom. The molecule has 1 aromatic heterocycles. The van der Waals surface area contributed by atoms with Gasteiger partial charge in [-0.2, -0.15) is 4.98 Å². The largest absolute Gasteiger partial charge is 0.355 e. The van der Waals surface area contributed by atoms with Gasteiger partial charge in [0.2, 0.25) is 17.6 Å². The summed E-state index contributed by atoms with van der Waals surface area (Å²) in [4.78, 5) is 32.7. The molecule has 0 bridgehead atoms. The normalized spacial score (nSPS) is 12.5. The van der Waals surface area contributed by atoms with E-state index in [0.29, 0.717) is 31.3 Å². The van der Waals surface area contributed by atoms with Crippen LogP contribution in [-0.2, 0) is 22.7 Å². The van der Waals surface area contributed by atoms with Crippen molar-refractivity contribution in [2.75, 3.05) is 31.6 Å². The Hall–Kier alpha value is -3.72. The summed E-state index contributed by atoms with van der Waals surface area (Å²) < 4.78 is 5.16. The van der Waals surface area contributed by atoms with E-state index < -0.39 is 0 Å². The highest BCUT2D eigenvalue weighted by Crippen LogP contribution is 2.28. The maximum Gasteiger partial charge on any atom is 0.256 e. The summed E-state index contributed by atoms with van der Waals surface area (Å²) in [6.45, 7) is 10.0. The summed E-state index contributed by atoms with van der Waals surface area (Å²) in [6, 6.07) is 12.2. The number of carbonyl (C=O) groups is 2. The maximum atomic E-state index is 13.6. The third-order valence-electron chi connectivity index (χ3n) is 6.95. The van der Waals surface area contributed by atoms with Crippen molar-refractivity contribution in [3.63, 3.8) is 0 Å². The van der Waals surface area contributed by atoms with Crippen LogP contribution in [0.1, 0.15) is 61.8 Å². The summed E-state index contributed by atoms with van der Waals surface area (Å²) in [7, 11) is 1.80. The van der Waals surface area contributed by atoms with Gasteiger partial charge in [0, 0.05) is 44.9 Å². The monoisotopic (exact) mass is 534 g/mol. The van der Waals surface area contributed by atoms with E-state index in [-0.39, 0.29) is 32.3 Å². The first-order valence-corrected chi connectivity index (χ1v) is 13.3. The zero-order valence-corrected chi connectivity index (χ0v) is 23.1. The molecule has 0 saturated heterocycles. The Bertz CT molecular complexity index is 1290. The average Bonchev–Trinajstić information content (AvgIpc) is 3.52. The van der Waals surface area contributed by atoms with Crippen molar-refractivity contribution in [2.45, 2.75) is 67.5 Å². The number of carbonyl (C=O) groups excluding carboxylic acids is 2. The van der Waals surface area contributed by atoms with Crippen molar-refractivity contribution in [1.82, 2.24) is 25.5 Å². The van der Waals surface area contributed by atoms with Crippen molar-refractivity contribution in [3.05, 3.63) is 64.5 Å². The molecule has 0 fully saturated rings. The number of benzene rings is 2. The van der Waals surface area contributed by atoms with Crippen molar-refractivity contribution in [3.8, 4) is 11.4 Å². The number of amides is 2. The minimum Gasteiger partial charge on any atom is -0.355 e. The molecule has 39 heavy (non-hydrogen) atoms. The number of nitrogens with one attached hydrogen (secondary N) is 1. The number of hydrogen-bond acceptors (Lipinski definition) is 7. The average molecular weight is 535 g/mol. The minimum atomic E-state index is -0.110. The molecule has 0 atom stereocenters. The number of fused-ring (bicyclic) bond motifs is 1. The Labute approximate surface area is 232 Å². The first kappa shape index (κ1) is 29.8. The summed E-state index contributed by atoms with van der Waals surface area (Å²) in [5.74, 6) is 0.750. The van der Waals surface area contributed by atoms with Gasteiger partial charge in [0.25, 0.3) is 5.91 Å². The van der Waals surface area contributed by atoms with E-state index in [4.69, 9.17) is 4.52 Å². The topological polar surface area (TPSA) is 94.8 Å². The second kappa shape index (κ2) is 13.4. The molecule has 0 saturated carbocycles. The van der Waals surface area contributed by atoms with E-state index in [1.54, 1.807) is 19.0 Å². The smallest absolute Gasteiger partial charge is 0.256 e. The molecule has 2 amide bonds. The van der Waals surface area contributed by atoms with Crippen LogP contribution in [0.4, 0.5) is 5.69 Å². The summed E-state index contributed by atoms with van der Waals surface area (Å²) in [6.07, 6.45) is 3.09. The van der Waals surface area contributed by atoms with Crippen LogP contribution in [0.2, 0.25) is 0 Å². The fourth-order valence-corrected chi connectivity index (χ4v) is 4.70. The Morgan fingerprint density at radius 3 is 2.51 bits per heavy atom. The van der Waals surface area contributed by atoms with Crippen molar-refractivity contribution < 1.29 is 14.1 Å². The lowest BCUT2D eigenvalue weighted by atomic mass is 10.1. The molecule has 1 aliphatic rings. The molecule has 2 aromatic carbocycles. The lowest BCUT2D eigenvalue weighted by Gasteiger charge is -2.32. The molecule has 0 spiro atoms. The number of likely N-dealkylation sites (N-methyl/N-ethyl adjacent to an activating group) is 1. The van der Waals surface area contributed by atoms with Crippen LogP contribution in [-0.4, -0.2) is 58.7 Å². The molecule has 2 heterocycles. The van der Waals surface area contributed by atoms with Gasteiger partial charge in [-0.05, 0) is 43.0 Å². The van der Waals surface area contributed by atoms with Crippen LogP contribution in [0.3, 0.4) is 0 Å². The molecule has 0 unspecified atom stereocenters. The molecule has 9 heteroatoms. The Kier molecular flexibility index (Phi) is 10.2. The van der Waals surface area contributed by atoms with E-state index in [2.05, 4.69) is 47.5 Å². The molecule has 210 valence electrons. The van der Waals surface area contributed by atoms with Gasteiger partial charge in [0.05, 0.1) is 13.1 Å². The standard InChI is InChI=1S/C29H38N6O3.CH4/c1-6-7-8-13-30-27(36)18-34(26-15-23(12-10-21(26)3)29-31-22(4)38-32-29)19-28(37)33(5)35-16-24-11-9-20(2)14-25(24)17-35;/h9-12,14-15H,6-8,13,16-19H2,1-5H3,(H,30,36);1H4. The first-order chi connectivity index (χ1) is 18.2. The van der Waals surface area contributed by atoms with E-state index >= 15 is 0 Å². The number of hydrazine groups is 1. The summed E-state index contributed by atoms with van der Waals surface area (Å²) >= 11 is 0. The van der Waals surface area contributed by atoms with Gasteiger partial charge in [0.1, 0.15) is 0 Å². The number of nitrogens with zero attached hydrogens (tertiary/aromatic N) is 5. The second-order valence-corrected chi connectivity index (χ2v) is 10.1.